The summed E-state index contributed by atoms with van der Waals surface area (Å²) in [5, 5.41) is 11.6. The molecule has 4 nitrogen and oxygen atoms in total. The highest BCUT2D eigenvalue weighted by atomic mass is 15.4. The van der Waals surface area contributed by atoms with Gasteiger partial charge in [-0.25, -0.2) is 0 Å². The number of aromatic nitrogens is 3. The third kappa shape index (κ3) is 5.82. The van der Waals surface area contributed by atoms with Gasteiger partial charge >= 0.3 is 0 Å². The summed E-state index contributed by atoms with van der Waals surface area (Å²) in [5.41, 5.74) is 1.36. The second-order valence-corrected chi connectivity index (χ2v) is 6.07. The van der Waals surface area contributed by atoms with E-state index in [4.69, 9.17) is 0 Å². The molecule has 0 fully saturated rings. The van der Waals surface area contributed by atoms with E-state index < -0.39 is 0 Å². The smallest absolute Gasteiger partial charge is 0.0832 e. The normalized spacial score (nSPS) is 12.4. The number of hydrogen-bond acceptors (Lipinski definition) is 3. The average molecular weight is 238 g/mol. The van der Waals surface area contributed by atoms with Gasteiger partial charge < -0.3 is 5.32 Å². The van der Waals surface area contributed by atoms with E-state index in [9.17, 15) is 0 Å². The summed E-state index contributed by atoms with van der Waals surface area (Å²) in [4.78, 5) is 0. The molecule has 0 radical (unpaired) electrons. The van der Waals surface area contributed by atoms with Crippen molar-refractivity contribution >= 4 is 0 Å². The van der Waals surface area contributed by atoms with Crippen molar-refractivity contribution < 1.29 is 0 Å². The molecule has 0 spiro atoms. The first-order valence-electron chi connectivity index (χ1n) is 6.45. The molecule has 0 saturated carbocycles. The van der Waals surface area contributed by atoms with Gasteiger partial charge in [-0.1, -0.05) is 32.9 Å². The maximum atomic E-state index is 4.15. The number of rotatable bonds is 7. The van der Waals surface area contributed by atoms with Crippen molar-refractivity contribution in [3.63, 3.8) is 0 Å². The number of hydrogen-bond donors (Lipinski definition) is 1. The minimum absolute atomic E-state index is 0.278. The standard InChI is InChI=1S/C13H26N4/c1-11(2)9-14-7-6-13(3,4)8-12-10-17(5)16-15-12/h10-11,14H,6-9H2,1-5H3. The fourth-order valence-corrected chi connectivity index (χ4v) is 1.87. The molecule has 0 aliphatic carbocycles. The summed E-state index contributed by atoms with van der Waals surface area (Å²) in [6, 6.07) is 0. The SMILES string of the molecule is CC(C)CNCCC(C)(C)Cc1cn(C)nn1. The molecule has 0 aliphatic heterocycles. The molecule has 1 heterocycles. The van der Waals surface area contributed by atoms with Crippen molar-refractivity contribution in [1.29, 1.82) is 0 Å². The van der Waals surface area contributed by atoms with Gasteiger partial charge in [-0.3, -0.25) is 4.68 Å². The zero-order valence-corrected chi connectivity index (χ0v) is 11.8. The topological polar surface area (TPSA) is 42.7 Å². The highest BCUT2D eigenvalue weighted by Gasteiger charge is 2.19. The Bertz CT molecular complexity index is 328. The number of aryl methyl sites for hydroxylation is 1. The zero-order valence-electron chi connectivity index (χ0n) is 11.8. The van der Waals surface area contributed by atoms with Gasteiger partial charge in [0.25, 0.3) is 0 Å². The molecule has 0 saturated heterocycles. The van der Waals surface area contributed by atoms with Crippen LogP contribution in [0.1, 0.15) is 39.8 Å². The second kappa shape index (κ2) is 6.15. The van der Waals surface area contributed by atoms with Gasteiger partial charge in [-0.05, 0) is 37.3 Å². The third-order valence-corrected chi connectivity index (χ3v) is 2.84. The maximum absolute atomic E-state index is 4.15. The molecule has 17 heavy (non-hydrogen) atoms. The van der Waals surface area contributed by atoms with E-state index in [-0.39, 0.29) is 5.41 Å². The Hall–Kier alpha value is -0.900. The lowest BCUT2D eigenvalue weighted by atomic mass is 9.84. The van der Waals surface area contributed by atoms with Crippen LogP contribution in [-0.4, -0.2) is 28.1 Å². The minimum Gasteiger partial charge on any atom is -0.316 e. The first-order chi connectivity index (χ1) is 7.89. The van der Waals surface area contributed by atoms with Crippen LogP contribution in [0, 0.1) is 11.3 Å². The molecule has 98 valence electrons. The van der Waals surface area contributed by atoms with Crippen LogP contribution in [0.15, 0.2) is 6.20 Å². The molecule has 1 aromatic rings. The zero-order chi connectivity index (χ0) is 12.9. The van der Waals surface area contributed by atoms with Crippen molar-refractivity contribution in [2.45, 2.75) is 40.5 Å². The minimum atomic E-state index is 0.278. The largest absolute Gasteiger partial charge is 0.316 e. The van der Waals surface area contributed by atoms with Crippen LogP contribution in [-0.2, 0) is 13.5 Å². The predicted molar refractivity (Wildman–Crippen MR) is 70.8 cm³/mol. The van der Waals surface area contributed by atoms with Crippen molar-refractivity contribution in [2.24, 2.45) is 18.4 Å². The Balaban J connectivity index is 2.30. The predicted octanol–water partition coefficient (Wildman–Crippen LogP) is 2.02. The summed E-state index contributed by atoms with van der Waals surface area (Å²) in [6.07, 6.45) is 4.16. The maximum Gasteiger partial charge on any atom is 0.0832 e. The van der Waals surface area contributed by atoms with Crippen LogP contribution in [0.4, 0.5) is 0 Å². The average Bonchev–Trinajstić information content (AvgIpc) is 2.57. The molecular weight excluding hydrogens is 212 g/mol. The molecule has 0 bridgehead atoms. The second-order valence-electron chi connectivity index (χ2n) is 6.07. The van der Waals surface area contributed by atoms with Crippen LogP contribution < -0.4 is 5.32 Å². The van der Waals surface area contributed by atoms with Crippen LogP contribution >= 0.6 is 0 Å². The molecule has 0 atom stereocenters. The lowest BCUT2D eigenvalue weighted by Gasteiger charge is -2.23. The van der Waals surface area contributed by atoms with E-state index >= 15 is 0 Å². The molecule has 4 heteroatoms. The molecule has 0 unspecified atom stereocenters. The van der Waals surface area contributed by atoms with Gasteiger partial charge in [0.15, 0.2) is 0 Å². The third-order valence-electron chi connectivity index (χ3n) is 2.84. The van der Waals surface area contributed by atoms with E-state index in [0.717, 1.165) is 37.5 Å². The highest BCUT2D eigenvalue weighted by molar-refractivity contribution is 4.96. The summed E-state index contributed by atoms with van der Waals surface area (Å²) in [5.74, 6) is 0.720. The van der Waals surface area contributed by atoms with E-state index in [1.165, 1.54) is 0 Å². The Morgan fingerprint density at radius 3 is 2.65 bits per heavy atom. The Kier molecular flexibility index (Phi) is 5.12. The molecule has 1 rings (SSSR count). The van der Waals surface area contributed by atoms with Crippen LogP contribution in [0.5, 0.6) is 0 Å². The molecular formula is C13H26N4. The summed E-state index contributed by atoms with van der Waals surface area (Å²) in [6.45, 7) is 11.2. The molecule has 0 aromatic carbocycles. The molecule has 0 aliphatic rings. The van der Waals surface area contributed by atoms with E-state index in [0.29, 0.717) is 0 Å². The lowest BCUT2D eigenvalue weighted by Crippen LogP contribution is -2.26. The van der Waals surface area contributed by atoms with Gasteiger partial charge in [0, 0.05) is 13.2 Å². The molecule has 1 N–H and O–H groups in total. The molecule has 1 aromatic heterocycles. The van der Waals surface area contributed by atoms with Gasteiger partial charge in [0.2, 0.25) is 0 Å². The van der Waals surface area contributed by atoms with Crippen molar-refractivity contribution in [1.82, 2.24) is 20.3 Å². The van der Waals surface area contributed by atoms with Gasteiger partial charge in [-0.15, -0.1) is 5.10 Å². The van der Waals surface area contributed by atoms with E-state index in [1.54, 1.807) is 4.68 Å². The first-order valence-corrected chi connectivity index (χ1v) is 6.45. The fraction of sp³-hybridized carbons (Fsp3) is 0.846. The Morgan fingerprint density at radius 1 is 1.41 bits per heavy atom. The molecule has 0 amide bonds. The van der Waals surface area contributed by atoms with Crippen LogP contribution in [0.25, 0.3) is 0 Å². The van der Waals surface area contributed by atoms with Gasteiger partial charge in [0.05, 0.1) is 5.69 Å². The Morgan fingerprint density at radius 2 is 2.12 bits per heavy atom. The summed E-state index contributed by atoms with van der Waals surface area (Å²) >= 11 is 0. The van der Waals surface area contributed by atoms with Crippen molar-refractivity contribution in [3.05, 3.63) is 11.9 Å². The quantitative estimate of drug-likeness (QED) is 0.739. The summed E-state index contributed by atoms with van der Waals surface area (Å²) < 4.78 is 1.77. The van der Waals surface area contributed by atoms with Crippen LogP contribution in [0.3, 0.4) is 0 Å². The van der Waals surface area contributed by atoms with E-state index in [2.05, 4.69) is 43.3 Å². The fourth-order valence-electron chi connectivity index (χ4n) is 1.87. The van der Waals surface area contributed by atoms with Crippen molar-refractivity contribution in [2.75, 3.05) is 13.1 Å². The number of nitrogens with one attached hydrogen (secondary N) is 1. The van der Waals surface area contributed by atoms with Crippen LogP contribution in [0.2, 0.25) is 0 Å². The lowest BCUT2D eigenvalue weighted by molar-refractivity contribution is 0.319. The first kappa shape index (κ1) is 14.2. The monoisotopic (exact) mass is 238 g/mol. The number of nitrogens with zero attached hydrogens (tertiary/aromatic N) is 3. The van der Waals surface area contributed by atoms with Gasteiger partial charge in [0.1, 0.15) is 0 Å². The highest BCUT2D eigenvalue weighted by Crippen LogP contribution is 2.24. The summed E-state index contributed by atoms with van der Waals surface area (Å²) in [7, 11) is 1.91. The Labute approximate surface area is 105 Å². The van der Waals surface area contributed by atoms with Crippen molar-refractivity contribution in [3.8, 4) is 0 Å². The van der Waals surface area contributed by atoms with Gasteiger partial charge in [-0.2, -0.15) is 0 Å². The van der Waals surface area contributed by atoms with E-state index in [1.807, 2.05) is 13.2 Å².